The predicted molar refractivity (Wildman–Crippen MR) is 79.3 cm³/mol. The van der Waals surface area contributed by atoms with Crippen LogP contribution in [0, 0.1) is 23.7 Å². The monoisotopic (exact) mass is 265 g/mol. The lowest BCUT2D eigenvalue weighted by atomic mass is 9.69. The number of hydrogen-bond donors (Lipinski definition) is 2. The maximum atomic E-state index is 3.57. The third-order valence-electron chi connectivity index (χ3n) is 5.88. The number of nitrogens with one attached hydrogen (secondary N) is 2. The van der Waals surface area contributed by atoms with Gasteiger partial charge in [-0.25, -0.2) is 10.9 Å². The largest absolute Gasteiger partial charge is 0.276 e. The first-order valence-electron chi connectivity index (χ1n) is 8.44. The first-order valence-corrected chi connectivity index (χ1v) is 8.44. The van der Waals surface area contributed by atoms with Crippen LogP contribution in [-0.2, 0) is 0 Å². The van der Waals surface area contributed by atoms with Crippen molar-refractivity contribution in [2.24, 2.45) is 23.7 Å². The van der Waals surface area contributed by atoms with Crippen molar-refractivity contribution in [2.45, 2.75) is 64.5 Å². The zero-order chi connectivity index (χ0) is 13.2. The highest BCUT2D eigenvalue weighted by atomic mass is 15.6. The average Bonchev–Trinajstić information content (AvgIpc) is 3.03. The van der Waals surface area contributed by atoms with Crippen molar-refractivity contribution in [3.8, 4) is 0 Å². The summed E-state index contributed by atoms with van der Waals surface area (Å²) in [6.45, 7) is 3.46. The lowest BCUT2D eigenvalue weighted by molar-refractivity contribution is 0.0670. The summed E-state index contributed by atoms with van der Waals surface area (Å²) in [4.78, 5) is 2.49. The molecule has 19 heavy (non-hydrogen) atoms. The minimum absolute atomic E-state index is 0.568. The van der Waals surface area contributed by atoms with E-state index in [9.17, 15) is 0 Å². The van der Waals surface area contributed by atoms with E-state index in [1.54, 1.807) is 0 Å². The molecule has 3 nitrogen and oxygen atoms in total. The molecule has 3 aliphatic rings. The zero-order valence-corrected chi connectivity index (χ0v) is 12.7. The van der Waals surface area contributed by atoms with Crippen LogP contribution in [-0.4, -0.2) is 24.8 Å². The fourth-order valence-corrected chi connectivity index (χ4v) is 4.95. The summed E-state index contributed by atoms with van der Waals surface area (Å²) < 4.78 is 0. The van der Waals surface area contributed by atoms with E-state index in [0.29, 0.717) is 6.17 Å². The van der Waals surface area contributed by atoms with Crippen LogP contribution >= 0.6 is 0 Å². The molecule has 0 aromatic heterocycles. The van der Waals surface area contributed by atoms with E-state index in [0.717, 1.165) is 30.3 Å². The SMILES string of the molecule is CC1CCCC([C@@H](C2CCCC2)C2NNCN2C)C1. The van der Waals surface area contributed by atoms with Crippen LogP contribution in [0.4, 0.5) is 0 Å². The van der Waals surface area contributed by atoms with Gasteiger partial charge in [-0.2, -0.15) is 0 Å². The van der Waals surface area contributed by atoms with Crippen LogP contribution < -0.4 is 10.9 Å². The Labute approximate surface area is 118 Å². The summed E-state index contributed by atoms with van der Waals surface area (Å²) in [5.41, 5.74) is 6.92. The molecule has 4 atom stereocenters. The second-order valence-electron chi connectivity index (χ2n) is 7.33. The Balaban J connectivity index is 1.74. The van der Waals surface area contributed by atoms with Crippen molar-refractivity contribution >= 4 is 0 Å². The molecule has 1 heterocycles. The molecule has 1 saturated heterocycles. The Kier molecular flexibility index (Phi) is 4.45. The van der Waals surface area contributed by atoms with E-state index in [2.05, 4.69) is 29.7 Å². The van der Waals surface area contributed by atoms with E-state index in [1.165, 1.54) is 51.4 Å². The molecule has 0 radical (unpaired) electrons. The Morgan fingerprint density at radius 3 is 2.37 bits per heavy atom. The Hall–Kier alpha value is -0.120. The molecule has 3 heteroatoms. The molecular weight excluding hydrogens is 234 g/mol. The Morgan fingerprint density at radius 1 is 1.00 bits per heavy atom. The first-order chi connectivity index (χ1) is 9.25. The van der Waals surface area contributed by atoms with Gasteiger partial charge in [-0.1, -0.05) is 51.9 Å². The van der Waals surface area contributed by atoms with Crippen LogP contribution in [0.3, 0.4) is 0 Å². The maximum Gasteiger partial charge on any atom is 0.0771 e. The molecule has 3 unspecified atom stereocenters. The normalized spacial score (nSPS) is 39.8. The highest BCUT2D eigenvalue weighted by Gasteiger charge is 2.41. The van der Waals surface area contributed by atoms with Gasteiger partial charge in [-0.15, -0.1) is 0 Å². The molecule has 0 aromatic carbocycles. The molecule has 0 amide bonds. The number of hydrazine groups is 1. The van der Waals surface area contributed by atoms with Gasteiger partial charge in [0.2, 0.25) is 0 Å². The average molecular weight is 265 g/mol. The van der Waals surface area contributed by atoms with E-state index < -0.39 is 0 Å². The van der Waals surface area contributed by atoms with Gasteiger partial charge in [0.05, 0.1) is 12.8 Å². The van der Waals surface area contributed by atoms with E-state index in [4.69, 9.17) is 0 Å². The van der Waals surface area contributed by atoms with Crippen LogP contribution in [0.25, 0.3) is 0 Å². The standard InChI is InChI=1S/C16H31N3/c1-12-6-5-9-14(10-12)15(13-7-3-4-8-13)16-18-17-11-19(16)2/h12-18H,3-11H2,1-2H3/t12?,14?,15-,16?/m1/s1. The number of rotatable bonds is 3. The molecule has 1 aliphatic heterocycles. The molecule has 3 rings (SSSR count). The highest BCUT2D eigenvalue weighted by Crippen LogP contribution is 2.44. The third-order valence-corrected chi connectivity index (χ3v) is 5.88. The van der Waals surface area contributed by atoms with Crippen molar-refractivity contribution in [3.05, 3.63) is 0 Å². The topological polar surface area (TPSA) is 27.3 Å². The molecule has 3 fully saturated rings. The van der Waals surface area contributed by atoms with Crippen molar-refractivity contribution in [3.63, 3.8) is 0 Å². The number of hydrogen-bond acceptors (Lipinski definition) is 3. The van der Waals surface area contributed by atoms with Gasteiger partial charge < -0.3 is 0 Å². The van der Waals surface area contributed by atoms with Crippen molar-refractivity contribution in [1.82, 2.24) is 15.8 Å². The molecular formula is C16H31N3. The van der Waals surface area contributed by atoms with Gasteiger partial charge in [-0.3, -0.25) is 4.90 Å². The summed E-state index contributed by atoms with van der Waals surface area (Å²) in [5.74, 6) is 3.73. The van der Waals surface area contributed by atoms with Crippen LogP contribution in [0.15, 0.2) is 0 Å². The van der Waals surface area contributed by atoms with E-state index >= 15 is 0 Å². The van der Waals surface area contributed by atoms with Crippen LogP contribution in [0.1, 0.15) is 58.3 Å². The van der Waals surface area contributed by atoms with Gasteiger partial charge in [0, 0.05) is 0 Å². The van der Waals surface area contributed by atoms with Crippen LogP contribution in [0.2, 0.25) is 0 Å². The summed E-state index contributed by atoms with van der Waals surface area (Å²) in [7, 11) is 2.27. The third kappa shape index (κ3) is 2.98. The minimum Gasteiger partial charge on any atom is -0.276 e. The fourth-order valence-electron chi connectivity index (χ4n) is 4.95. The predicted octanol–water partition coefficient (Wildman–Crippen LogP) is 2.94. The van der Waals surface area contributed by atoms with Crippen molar-refractivity contribution < 1.29 is 0 Å². The van der Waals surface area contributed by atoms with Crippen LogP contribution in [0.5, 0.6) is 0 Å². The van der Waals surface area contributed by atoms with Gasteiger partial charge in [0.15, 0.2) is 0 Å². The lowest BCUT2D eigenvalue weighted by Gasteiger charge is -2.41. The van der Waals surface area contributed by atoms with E-state index in [-0.39, 0.29) is 0 Å². The van der Waals surface area contributed by atoms with Gasteiger partial charge >= 0.3 is 0 Å². The molecule has 2 saturated carbocycles. The quantitative estimate of drug-likeness (QED) is 0.821. The highest BCUT2D eigenvalue weighted by molar-refractivity contribution is 4.91. The Morgan fingerprint density at radius 2 is 1.74 bits per heavy atom. The smallest absolute Gasteiger partial charge is 0.0771 e. The molecule has 0 spiro atoms. The first kappa shape index (κ1) is 13.8. The number of nitrogens with zero attached hydrogens (tertiary/aromatic N) is 1. The van der Waals surface area contributed by atoms with Gasteiger partial charge in [0.25, 0.3) is 0 Å². The van der Waals surface area contributed by atoms with E-state index in [1.807, 2.05) is 0 Å². The van der Waals surface area contributed by atoms with Crippen molar-refractivity contribution in [1.29, 1.82) is 0 Å². The summed E-state index contributed by atoms with van der Waals surface area (Å²) in [5, 5.41) is 0. The summed E-state index contributed by atoms with van der Waals surface area (Å²) in [6.07, 6.45) is 12.3. The second kappa shape index (κ2) is 6.11. The fraction of sp³-hybridized carbons (Fsp3) is 1.00. The second-order valence-corrected chi connectivity index (χ2v) is 7.33. The minimum atomic E-state index is 0.568. The molecule has 2 aliphatic carbocycles. The van der Waals surface area contributed by atoms with Gasteiger partial charge in [-0.05, 0) is 37.1 Å². The zero-order valence-electron chi connectivity index (χ0n) is 12.7. The molecule has 2 N–H and O–H groups in total. The molecule has 0 aromatic rings. The summed E-state index contributed by atoms with van der Waals surface area (Å²) in [6, 6.07) is 0. The molecule has 110 valence electrons. The molecule has 0 bridgehead atoms. The Bertz CT molecular complexity index is 288. The van der Waals surface area contributed by atoms with Crippen molar-refractivity contribution in [2.75, 3.05) is 13.7 Å². The maximum absolute atomic E-state index is 3.57. The van der Waals surface area contributed by atoms with Gasteiger partial charge in [0.1, 0.15) is 0 Å². The lowest BCUT2D eigenvalue weighted by Crippen LogP contribution is -2.48. The summed E-state index contributed by atoms with van der Waals surface area (Å²) >= 11 is 0.